The molecule has 3 aliphatic rings. The summed E-state index contributed by atoms with van der Waals surface area (Å²) in [6.45, 7) is 6.24. The Hall–Kier alpha value is -7.55. The van der Waals surface area contributed by atoms with Gasteiger partial charge >= 0.3 is 0 Å². The fourth-order valence-corrected chi connectivity index (χ4v) is 10.8. The van der Waals surface area contributed by atoms with E-state index in [9.17, 15) is 0 Å². The Morgan fingerprint density at radius 1 is 0.557 bits per heavy atom. The highest BCUT2D eigenvalue weighted by molar-refractivity contribution is 6.13. The maximum Gasteiger partial charge on any atom is 0.0715 e. The lowest BCUT2D eigenvalue weighted by molar-refractivity contribution is 0.715. The molecule has 288 valence electrons. The minimum Gasteiger partial charge on any atom is -0.309 e. The number of hydrogen-bond donors (Lipinski definition) is 0. The SMILES string of the molecule is C=Cc1ccc(-n2c3cc(-c4cc(-c5ccccc5)nc(-c5ccccc5)c4)ccc3c3cc4c(cc32)C2=C(CCC=C2)C42c3ccccc3-c3ccccc32)cc1/C=C\C. The lowest BCUT2D eigenvalue weighted by atomic mass is 9.68. The third kappa shape index (κ3) is 5.19. The molecule has 0 radical (unpaired) electrons. The van der Waals surface area contributed by atoms with Gasteiger partial charge in [0.1, 0.15) is 0 Å². The fourth-order valence-electron chi connectivity index (χ4n) is 10.8. The molecule has 0 saturated heterocycles. The van der Waals surface area contributed by atoms with Crippen LogP contribution in [0.1, 0.15) is 53.1 Å². The number of allylic oxidation sites excluding steroid dienone is 5. The van der Waals surface area contributed by atoms with Crippen molar-refractivity contribution in [3.63, 3.8) is 0 Å². The predicted octanol–water partition coefficient (Wildman–Crippen LogP) is 15.3. The van der Waals surface area contributed by atoms with Crippen molar-refractivity contribution in [2.75, 3.05) is 0 Å². The number of fused-ring (bicyclic) bond motifs is 12. The molecule has 7 aromatic carbocycles. The zero-order valence-corrected chi connectivity index (χ0v) is 34.1. The zero-order chi connectivity index (χ0) is 40.7. The molecule has 12 rings (SSSR count). The highest BCUT2D eigenvalue weighted by atomic mass is 15.0. The van der Waals surface area contributed by atoms with Gasteiger partial charge in [-0.1, -0.05) is 164 Å². The van der Waals surface area contributed by atoms with Gasteiger partial charge in [0, 0.05) is 27.6 Å². The summed E-state index contributed by atoms with van der Waals surface area (Å²) in [7, 11) is 0. The van der Waals surface area contributed by atoms with Crippen molar-refractivity contribution in [1.82, 2.24) is 9.55 Å². The summed E-state index contributed by atoms with van der Waals surface area (Å²) in [5.41, 5.74) is 22.9. The molecule has 9 aromatic rings. The molecule has 0 fully saturated rings. The third-order valence-corrected chi connectivity index (χ3v) is 13.4. The molecule has 3 aliphatic carbocycles. The molecule has 0 atom stereocenters. The zero-order valence-electron chi connectivity index (χ0n) is 34.1. The van der Waals surface area contributed by atoms with Crippen LogP contribution in [0.5, 0.6) is 0 Å². The van der Waals surface area contributed by atoms with Crippen LogP contribution in [-0.4, -0.2) is 9.55 Å². The van der Waals surface area contributed by atoms with Gasteiger partial charge in [-0.25, -0.2) is 4.98 Å². The first kappa shape index (κ1) is 35.4. The normalized spacial score (nSPS) is 14.5. The smallest absolute Gasteiger partial charge is 0.0715 e. The molecular weight excluding hydrogens is 737 g/mol. The average molecular weight is 779 g/mol. The first-order valence-electron chi connectivity index (χ1n) is 21.4. The second kappa shape index (κ2) is 13.8. The first-order chi connectivity index (χ1) is 30.1. The molecule has 2 heteroatoms. The highest BCUT2D eigenvalue weighted by Gasteiger charge is 2.52. The Morgan fingerprint density at radius 3 is 1.89 bits per heavy atom. The van der Waals surface area contributed by atoms with Crippen LogP contribution in [0.25, 0.3) is 90.0 Å². The van der Waals surface area contributed by atoms with Crippen molar-refractivity contribution < 1.29 is 0 Å². The van der Waals surface area contributed by atoms with E-state index in [0.29, 0.717) is 0 Å². The van der Waals surface area contributed by atoms with E-state index in [1.165, 1.54) is 66.3 Å². The molecule has 0 saturated carbocycles. The molecule has 0 unspecified atom stereocenters. The molecule has 2 heterocycles. The Kier molecular flexibility index (Phi) is 7.99. The van der Waals surface area contributed by atoms with Gasteiger partial charge in [0.2, 0.25) is 0 Å². The van der Waals surface area contributed by atoms with Crippen molar-refractivity contribution >= 4 is 39.5 Å². The van der Waals surface area contributed by atoms with Crippen LogP contribution in [0, 0.1) is 0 Å². The minimum absolute atomic E-state index is 0.339. The van der Waals surface area contributed by atoms with Gasteiger partial charge in [0.15, 0.2) is 0 Å². The summed E-state index contributed by atoms with van der Waals surface area (Å²) in [4.78, 5) is 5.21. The third-order valence-electron chi connectivity index (χ3n) is 13.4. The van der Waals surface area contributed by atoms with Crippen LogP contribution in [-0.2, 0) is 5.41 Å². The van der Waals surface area contributed by atoms with E-state index in [0.717, 1.165) is 63.3 Å². The van der Waals surface area contributed by atoms with E-state index in [2.05, 4.69) is 212 Å². The standard InChI is InChI=1S/C59H42N2/c1-3-17-41-32-44(30-28-38(41)4-2)61-57-35-42(43-33-55(39-18-7-5-8-19-39)60-56(34-43)40-20-9-6-10-21-40)29-31-48(57)50-36-54-49(37-58(50)61)47-24-13-16-27-53(47)59(54)51-25-14-11-22-45(51)46-23-12-15-26-52(46)59/h3-15,17-26,28-37H,2,16,27H2,1H3/b17-3-. The molecule has 0 N–H and O–H groups in total. The molecule has 0 aliphatic heterocycles. The second-order valence-electron chi connectivity index (χ2n) is 16.5. The summed E-state index contributed by atoms with van der Waals surface area (Å²) in [6, 6.07) is 62.8. The van der Waals surface area contributed by atoms with Crippen LogP contribution in [0.2, 0.25) is 0 Å². The molecular formula is C59H42N2. The maximum absolute atomic E-state index is 5.21. The monoisotopic (exact) mass is 778 g/mol. The van der Waals surface area contributed by atoms with Crippen LogP contribution in [0.3, 0.4) is 0 Å². The van der Waals surface area contributed by atoms with E-state index in [1.807, 2.05) is 6.08 Å². The number of aromatic nitrogens is 2. The molecule has 0 bridgehead atoms. The van der Waals surface area contributed by atoms with Crippen LogP contribution >= 0.6 is 0 Å². The van der Waals surface area contributed by atoms with Gasteiger partial charge in [-0.2, -0.15) is 0 Å². The Morgan fingerprint density at radius 2 is 1.21 bits per heavy atom. The van der Waals surface area contributed by atoms with Gasteiger partial charge < -0.3 is 4.57 Å². The number of hydrogen-bond acceptors (Lipinski definition) is 1. The van der Waals surface area contributed by atoms with E-state index in [4.69, 9.17) is 4.98 Å². The molecule has 2 nitrogen and oxygen atoms in total. The van der Waals surface area contributed by atoms with Gasteiger partial charge in [-0.05, 0) is 129 Å². The fraction of sp³-hybridized carbons (Fsp3) is 0.0678. The van der Waals surface area contributed by atoms with Crippen LogP contribution in [0.4, 0.5) is 0 Å². The van der Waals surface area contributed by atoms with Gasteiger partial charge in [-0.15, -0.1) is 0 Å². The number of benzene rings is 7. The topological polar surface area (TPSA) is 17.8 Å². The van der Waals surface area contributed by atoms with E-state index in [1.54, 1.807) is 0 Å². The van der Waals surface area contributed by atoms with Crippen molar-refractivity contribution in [3.05, 3.63) is 234 Å². The Balaban J connectivity index is 1.16. The molecule has 0 amide bonds. The van der Waals surface area contributed by atoms with Crippen LogP contribution in [0.15, 0.2) is 200 Å². The minimum atomic E-state index is -0.339. The summed E-state index contributed by atoms with van der Waals surface area (Å²) >= 11 is 0. The number of rotatable bonds is 6. The lowest BCUT2D eigenvalue weighted by Crippen LogP contribution is -2.27. The first-order valence-corrected chi connectivity index (χ1v) is 21.4. The van der Waals surface area contributed by atoms with E-state index >= 15 is 0 Å². The maximum atomic E-state index is 5.21. The van der Waals surface area contributed by atoms with Crippen LogP contribution < -0.4 is 0 Å². The highest BCUT2D eigenvalue weighted by Crippen LogP contribution is 2.64. The van der Waals surface area contributed by atoms with E-state index < -0.39 is 0 Å². The lowest BCUT2D eigenvalue weighted by Gasteiger charge is -2.33. The van der Waals surface area contributed by atoms with E-state index in [-0.39, 0.29) is 5.41 Å². The summed E-state index contributed by atoms with van der Waals surface area (Å²) in [5.74, 6) is 0. The van der Waals surface area contributed by atoms with Crippen molar-refractivity contribution in [3.8, 4) is 50.5 Å². The van der Waals surface area contributed by atoms with Crippen molar-refractivity contribution in [2.45, 2.75) is 25.2 Å². The average Bonchev–Trinajstić information content (AvgIpc) is 3.92. The van der Waals surface area contributed by atoms with Gasteiger partial charge in [0.05, 0.1) is 27.8 Å². The number of nitrogens with zero attached hydrogens (tertiary/aromatic N) is 2. The Bertz CT molecular complexity index is 3270. The largest absolute Gasteiger partial charge is 0.309 e. The van der Waals surface area contributed by atoms with Crippen molar-refractivity contribution in [2.24, 2.45) is 0 Å². The molecule has 2 aromatic heterocycles. The number of pyridine rings is 1. The summed E-state index contributed by atoms with van der Waals surface area (Å²) < 4.78 is 2.50. The quantitative estimate of drug-likeness (QED) is 0.164. The summed E-state index contributed by atoms with van der Waals surface area (Å²) in [6.07, 6.45) is 13.1. The Labute approximate surface area is 356 Å². The predicted molar refractivity (Wildman–Crippen MR) is 257 cm³/mol. The second-order valence-corrected chi connectivity index (χ2v) is 16.5. The van der Waals surface area contributed by atoms with Crippen molar-refractivity contribution in [1.29, 1.82) is 0 Å². The summed E-state index contributed by atoms with van der Waals surface area (Å²) in [5, 5.41) is 2.49. The van der Waals surface area contributed by atoms with Gasteiger partial charge in [0.25, 0.3) is 0 Å². The molecule has 1 spiro atoms. The molecule has 61 heavy (non-hydrogen) atoms. The van der Waals surface area contributed by atoms with Gasteiger partial charge in [-0.3, -0.25) is 0 Å².